The number of anilines is 1. The van der Waals surface area contributed by atoms with Crippen LogP contribution in [0, 0.1) is 0 Å². The van der Waals surface area contributed by atoms with Crippen LogP contribution in [0.3, 0.4) is 0 Å². The summed E-state index contributed by atoms with van der Waals surface area (Å²) in [4.78, 5) is 40.3. The van der Waals surface area contributed by atoms with Gasteiger partial charge in [-0.25, -0.2) is 4.90 Å². The van der Waals surface area contributed by atoms with Crippen LogP contribution in [0.1, 0.15) is 87.6 Å². The molecule has 0 spiro atoms. The van der Waals surface area contributed by atoms with Gasteiger partial charge in [-0.05, 0) is 41.2 Å². The van der Waals surface area contributed by atoms with E-state index in [0.717, 1.165) is 4.90 Å². The Bertz CT molecular complexity index is 1050. The SMILES string of the molecule is CCCC(=O)Oc1cccc(CO[Si](C(C)C)(C(C)C)C(C)C)c1N1C(=O)c2ccccc2C1=O. The van der Waals surface area contributed by atoms with E-state index in [1.165, 1.54) is 0 Å². The number of carbonyl (C=O) groups is 3. The molecular weight excluding hydrogens is 458 g/mol. The Balaban J connectivity index is 2.10. The molecular formula is C28H37NO5Si. The maximum atomic E-state index is 13.4. The molecule has 0 aliphatic carbocycles. The molecule has 0 saturated carbocycles. The zero-order chi connectivity index (χ0) is 25.9. The number of benzene rings is 2. The molecule has 7 heteroatoms. The molecule has 3 rings (SSSR count). The van der Waals surface area contributed by atoms with Gasteiger partial charge < -0.3 is 9.16 Å². The summed E-state index contributed by atoms with van der Waals surface area (Å²) in [5.41, 5.74) is 2.74. The molecule has 188 valence electrons. The molecule has 2 amide bonds. The zero-order valence-electron chi connectivity index (χ0n) is 21.9. The van der Waals surface area contributed by atoms with Gasteiger partial charge in [-0.2, -0.15) is 0 Å². The third-order valence-corrected chi connectivity index (χ3v) is 13.0. The largest absolute Gasteiger partial charge is 0.424 e. The lowest BCUT2D eigenvalue weighted by Crippen LogP contribution is -2.47. The Morgan fingerprint density at radius 3 is 1.89 bits per heavy atom. The second-order valence-corrected chi connectivity index (χ2v) is 15.5. The summed E-state index contributed by atoms with van der Waals surface area (Å²) in [6, 6.07) is 12.0. The van der Waals surface area contributed by atoms with E-state index in [1.807, 2.05) is 13.0 Å². The number of esters is 1. The lowest BCUT2D eigenvalue weighted by molar-refractivity contribution is -0.134. The molecule has 35 heavy (non-hydrogen) atoms. The van der Waals surface area contributed by atoms with Crippen LogP contribution in [0.2, 0.25) is 16.6 Å². The van der Waals surface area contributed by atoms with Crippen LogP contribution in [0.15, 0.2) is 42.5 Å². The summed E-state index contributed by atoms with van der Waals surface area (Å²) in [7, 11) is -2.23. The van der Waals surface area contributed by atoms with Crippen molar-refractivity contribution < 1.29 is 23.5 Å². The number of hydrogen-bond acceptors (Lipinski definition) is 5. The fraction of sp³-hybridized carbons (Fsp3) is 0.464. The van der Waals surface area contributed by atoms with Crippen molar-refractivity contribution in [2.75, 3.05) is 4.90 Å². The topological polar surface area (TPSA) is 72.9 Å². The highest BCUT2D eigenvalue weighted by molar-refractivity contribution is 6.77. The predicted molar refractivity (Wildman–Crippen MR) is 140 cm³/mol. The number of carbonyl (C=O) groups excluding carboxylic acids is 3. The number of hydrogen-bond donors (Lipinski definition) is 0. The summed E-state index contributed by atoms with van der Waals surface area (Å²) >= 11 is 0. The van der Waals surface area contributed by atoms with Gasteiger partial charge in [0.25, 0.3) is 11.8 Å². The number of para-hydroxylation sites is 1. The van der Waals surface area contributed by atoms with E-state index in [2.05, 4.69) is 41.5 Å². The predicted octanol–water partition coefficient (Wildman–Crippen LogP) is 6.88. The van der Waals surface area contributed by atoms with Crippen LogP contribution in [0.5, 0.6) is 5.75 Å². The number of nitrogens with zero attached hydrogens (tertiary/aromatic N) is 1. The third kappa shape index (κ3) is 4.97. The van der Waals surface area contributed by atoms with Crippen LogP contribution in [-0.2, 0) is 15.8 Å². The molecule has 0 radical (unpaired) electrons. The van der Waals surface area contributed by atoms with Gasteiger partial charge in [-0.1, -0.05) is 72.7 Å². The van der Waals surface area contributed by atoms with Crippen molar-refractivity contribution >= 4 is 31.8 Å². The Kier molecular flexibility index (Phi) is 8.33. The van der Waals surface area contributed by atoms with Crippen LogP contribution in [0.25, 0.3) is 0 Å². The second kappa shape index (κ2) is 10.9. The van der Waals surface area contributed by atoms with Crippen molar-refractivity contribution in [3.63, 3.8) is 0 Å². The van der Waals surface area contributed by atoms with E-state index in [9.17, 15) is 14.4 Å². The monoisotopic (exact) mass is 495 g/mol. The van der Waals surface area contributed by atoms with Gasteiger partial charge >= 0.3 is 5.97 Å². The van der Waals surface area contributed by atoms with E-state index in [-0.39, 0.29) is 18.8 Å². The Hall–Kier alpha value is -2.77. The van der Waals surface area contributed by atoms with Gasteiger partial charge in [-0.15, -0.1) is 0 Å². The Morgan fingerprint density at radius 1 is 0.857 bits per heavy atom. The average Bonchev–Trinajstić information content (AvgIpc) is 3.04. The maximum absolute atomic E-state index is 13.4. The van der Waals surface area contributed by atoms with Gasteiger partial charge in [0.05, 0.1) is 17.7 Å². The smallest absolute Gasteiger partial charge is 0.311 e. The van der Waals surface area contributed by atoms with Gasteiger partial charge in [0, 0.05) is 12.0 Å². The summed E-state index contributed by atoms with van der Waals surface area (Å²) in [6.45, 7) is 15.4. The highest BCUT2D eigenvalue weighted by Crippen LogP contribution is 2.44. The lowest BCUT2D eigenvalue weighted by atomic mass is 10.1. The molecule has 1 aliphatic heterocycles. The number of ether oxygens (including phenoxy) is 1. The standard InChI is InChI=1S/C28H37NO5Si/c1-8-12-25(30)34-24-16-11-13-21(17-33-35(18(2)3,19(4)5)20(6)7)26(24)29-27(31)22-14-9-10-15-23(22)28(29)32/h9-11,13-16,18-20H,8,12,17H2,1-7H3. The van der Waals surface area contributed by atoms with Gasteiger partial charge in [0.2, 0.25) is 8.32 Å². The summed E-state index contributed by atoms with van der Waals surface area (Å²) in [5.74, 6) is -1.06. The van der Waals surface area contributed by atoms with Crippen molar-refractivity contribution in [1.82, 2.24) is 0 Å². The van der Waals surface area contributed by atoms with Crippen molar-refractivity contribution in [3.05, 3.63) is 59.2 Å². The number of fused-ring (bicyclic) bond motifs is 1. The minimum Gasteiger partial charge on any atom is -0.424 e. The van der Waals surface area contributed by atoms with Crippen LogP contribution >= 0.6 is 0 Å². The molecule has 6 nitrogen and oxygen atoms in total. The maximum Gasteiger partial charge on any atom is 0.311 e. The first-order chi connectivity index (χ1) is 16.6. The van der Waals surface area contributed by atoms with E-state index in [0.29, 0.717) is 45.4 Å². The number of amides is 2. The fourth-order valence-electron chi connectivity index (χ4n) is 5.49. The van der Waals surface area contributed by atoms with Crippen LogP contribution in [0.4, 0.5) is 5.69 Å². The summed E-state index contributed by atoms with van der Waals surface area (Å²) < 4.78 is 12.5. The van der Waals surface area contributed by atoms with Crippen molar-refractivity contribution in [3.8, 4) is 5.75 Å². The van der Waals surface area contributed by atoms with E-state index < -0.39 is 26.1 Å². The van der Waals surface area contributed by atoms with E-state index >= 15 is 0 Å². The number of rotatable bonds is 10. The molecule has 0 N–H and O–H groups in total. The quantitative estimate of drug-likeness (QED) is 0.155. The van der Waals surface area contributed by atoms with Crippen molar-refractivity contribution in [2.45, 2.75) is 84.5 Å². The highest BCUT2D eigenvalue weighted by atomic mass is 28.4. The Labute approximate surface area is 209 Å². The van der Waals surface area contributed by atoms with Crippen molar-refractivity contribution in [2.24, 2.45) is 0 Å². The first kappa shape index (κ1) is 26.8. The molecule has 2 aromatic carbocycles. The van der Waals surface area contributed by atoms with E-state index in [1.54, 1.807) is 36.4 Å². The minimum absolute atomic E-state index is 0.199. The molecule has 1 heterocycles. The Morgan fingerprint density at radius 2 is 1.40 bits per heavy atom. The van der Waals surface area contributed by atoms with Gasteiger partial charge in [0.1, 0.15) is 5.69 Å². The van der Waals surface area contributed by atoms with E-state index in [4.69, 9.17) is 9.16 Å². The molecule has 1 aliphatic rings. The summed E-state index contributed by atoms with van der Waals surface area (Å²) in [6.07, 6.45) is 0.877. The average molecular weight is 496 g/mol. The van der Waals surface area contributed by atoms with Crippen molar-refractivity contribution in [1.29, 1.82) is 0 Å². The molecule has 0 unspecified atom stereocenters. The first-order valence-corrected chi connectivity index (χ1v) is 14.6. The van der Waals surface area contributed by atoms with Crippen LogP contribution < -0.4 is 9.64 Å². The van der Waals surface area contributed by atoms with Crippen LogP contribution in [-0.4, -0.2) is 26.1 Å². The molecule has 2 aromatic rings. The lowest BCUT2D eigenvalue weighted by Gasteiger charge is -2.42. The second-order valence-electron chi connectivity index (χ2n) is 10.1. The van der Waals surface area contributed by atoms with Gasteiger partial charge in [0.15, 0.2) is 5.75 Å². The minimum atomic E-state index is -2.23. The zero-order valence-corrected chi connectivity index (χ0v) is 22.9. The summed E-state index contributed by atoms with van der Waals surface area (Å²) in [5, 5.41) is 0. The normalized spacial score (nSPS) is 13.8. The molecule has 0 atom stereocenters. The molecule has 0 saturated heterocycles. The third-order valence-electron chi connectivity index (χ3n) is 6.96. The molecule has 0 aromatic heterocycles. The first-order valence-electron chi connectivity index (χ1n) is 12.5. The van der Waals surface area contributed by atoms with Gasteiger partial charge in [-0.3, -0.25) is 14.4 Å². The fourth-order valence-corrected chi connectivity index (χ4v) is 10.9. The molecule has 0 bridgehead atoms. The number of imide groups is 1. The molecule has 0 fully saturated rings. The highest BCUT2D eigenvalue weighted by Gasteiger charge is 2.46.